The van der Waals surface area contributed by atoms with Crippen molar-refractivity contribution >= 4 is 27.2 Å². The topological polar surface area (TPSA) is 72.2 Å². The summed E-state index contributed by atoms with van der Waals surface area (Å²) in [6.07, 6.45) is 0. The zero-order chi connectivity index (χ0) is 13.9. The van der Waals surface area contributed by atoms with E-state index in [1.165, 1.54) is 18.2 Å². The lowest BCUT2D eigenvalue weighted by Crippen LogP contribution is -2.46. The van der Waals surface area contributed by atoms with Crippen LogP contribution in [0.4, 0.5) is 4.39 Å². The normalized spacial score (nSPS) is 13.6. The highest BCUT2D eigenvalue weighted by Crippen LogP contribution is 2.15. The molecule has 1 rings (SSSR count). The summed E-state index contributed by atoms with van der Waals surface area (Å²) < 4.78 is 39.8. The van der Waals surface area contributed by atoms with Crippen molar-refractivity contribution in [1.82, 2.24) is 4.72 Å². The van der Waals surface area contributed by atoms with E-state index in [2.05, 4.69) is 4.72 Å². The Labute approximate surface area is 111 Å². The Bertz CT molecular complexity index is 544. The number of nitrogens with one attached hydrogen (secondary N) is 1. The maximum atomic E-state index is 13.5. The van der Waals surface area contributed by atoms with E-state index in [9.17, 15) is 12.8 Å². The van der Waals surface area contributed by atoms with Crippen molar-refractivity contribution in [2.75, 3.05) is 0 Å². The minimum absolute atomic E-state index is 0.0323. The second-order valence-corrected chi connectivity index (χ2v) is 6.33. The molecule has 1 unspecified atom stereocenters. The number of benzene rings is 1. The van der Waals surface area contributed by atoms with Crippen molar-refractivity contribution < 1.29 is 12.8 Å². The van der Waals surface area contributed by atoms with Gasteiger partial charge in [-0.05, 0) is 18.1 Å². The summed E-state index contributed by atoms with van der Waals surface area (Å²) in [5.41, 5.74) is 5.47. The van der Waals surface area contributed by atoms with Crippen molar-refractivity contribution in [3.05, 3.63) is 30.1 Å². The van der Waals surface area contributed by atoms with Crippen molar-refractivity contribution in [2.45, 2.75) is 24.8 Å². The van der Waals surface area contributed by atoms with E-state index in [4.69, 9.17) is 18.0 Å². The minimum atomic E-state index is -3.97. The standard InChI is InChI=1S/C11H15FN2O2S2/c1-7(2)10(11(13)17)14-18(15,16)9-6-4-3-5-8(9)12/h3-7,10,14H,1-2H3,(H2,13,17). The molecule has 1 aromatic rings. The molecule has 3 N–H and O–H groups in total. The Morgan fingerprint density at radius 3 is 2.39 bits per heavy atom. The quantitative estimate of drug-likeness (QED) is 0.804. The molecule has 1 aromatic carbocycles. The first-order valence-electron chi connectivity index (χ1n) is 5.32. The van der Waals surface area contributed by atoms with Gasteiger partial charge in [0.15, 0.2) is 0 Å². The van der Waals surface area contributed by atoms with Gasteiger partial charge in [0.2, 0.25) is 10.0 Å². The Hall–Kier alpha value is -1.05. The Morgan fingerprint density at radius 2 is 1.94 bits per heavy atom. The lowest BCUT2D eigenvalue weighted by atomic mass is 10.1. The van der Waals surface area contributed by atoms with E-state index in [1.807, 2.05) is 0 Å². The van der Waals surface area contributed by atoms with Crippen molar-refractivity contribution in [2.24, 2.45) is 11.7 Å². The maximum Gasteiger partial charge on any atom is 0.244 e. The monoisotopic (exact) mass is 290 g/mol. The molecular weight excluding hydrogens is 275 g/mol. The predicted molar refractivity (Wildman–Crippen MR) is 72.1 cm³/mol. The van der Waals surface area contributed by atoms with Gasteiger partial charge in [-0.1, -0.05) is 38.2 Å². The highest BCUT2D eigenvalue weighted by Gasteiger charge is 2.26. The summed E-state index contributed by atoms with van der Waals surface area (Å²) in [5, 5.41) is 0. The first-order chi connectivity index (χ1) is 8.25. The van der Waals surface area contributed by atoms with E-state index in [0.717, 1.165) is 6.07 Å². The molecule has 0 fully saturated rings. The number of rotatable bonds is 5. The van der Waals surface area contributed by atoms with Gasteiger partial charge in [0.25, 0.3) is 0 Å². The van der Waals surface area contributed by atoms with E-state index < -0.39 is 26.8 Å². The van der Waals surface area contributed by atoms with Crippen LogP contribution in [0.1, 0.15) is 13.8 Å². The van der Waals surface area contributed by atoms with Gasteiger partial charge >= 0.3 is 0 Å². The van der Waals surface area contributed by atoms with Gasteiger partial charge in [0.05, 0.1) is 11.0 Å². The lowest BCUT2D eigenvalue weighted by molar-refractivity contribution is 0.518. The third-order valence-electron chi connectivity index (χ3n) is 2.38. The molecule has 0 saturated heterocycles. The summed E-state index contributed by atoms with van der Waals surface area (Å²) in [6, 6.07) is 4.43. The van der Waals surface area contributed by atoms with Gasteiger partial charge in [0.1, 0.15) is 10.7 Å². The summed E-state index contributed by atoms with van der Waals surface area (Å²) in [6.45, 7) is 3.54. The predicted octanol–water partition coefficient (Wildman–Crippen LogP) is 1.41. The number of sulfonamides is 1. The van der Waals surface area contributed by atoms with Gasteiger partial charge in [-0.2, -0.15) is 0 Å². The third-order valence-corrected chi connectivity index (χ3v) is 4.11. The molecule has 1 atom stereocenters. The van der Waals surface area contributed by atoms with Crippen molar-refractivity contribution in [3.8, 4) is 0 Å². The summed E-state index contributed by atoms with van der Waals surface area (Å²) in [4.78, 5) is -0.378. The van der Waals surface area contributed by atoms with Crippen LogP contribution in [-0.4, -0.2) is 19.4 Å². The molecule has 0 saturated carbocycles. The Morgan fingerprint density at radius 1 is 1.39 bits per heavy atom. The zero-order valence-corrected chi connectivity index (χ0v) is 11.7. The maximum absolute atomic E-state index is 13.5. The van der Waals surface area contributed by atoms with Gasteiger partial charge in [0, 0.05) is 0 Å². The fourth-order valence-electron chi connectivity index (χ4n) is 1.42. The molecule has 4 nitrogen and oxygen atoms in total. The SMILES string of the molecule is CC(C)C(NS(=O)(=O)c1ccccc1F)C(N)=S. The highest BCUT2D eigenvalue weighted by molar-refractivity contribution is 7.89. The first-order valence-corrected chi connectivity index (χ1v) is 7.21. The van der Waals surface area contributed by atoms with Crippen LogP contribution in [0.15, 0.2) is 29.2 Å². The Balaban J connectivity index is 3.09. The molecular formula is C11H15FN2O2S2. The molecule has 7 heteroatoms. The molecule has 0 aliphatic heterocycles. The molecule has 100 valence electrons. The summed E-state index contributed by atoms with van der Waals surface area (Å²) in [5.74, 6) is -0.931. The van der Waals surface area contributed by atoms with Crippen LogP contribution in [0.2, 0.25) is 0 Å². The van der Waals surface area contributed by atoms with Crippen LogP contribution in [0.5, 0.6) is 0 Å². The van der Waals surface area contributed by atoms with Crippen molar-refractivity contribution in [1.29, 1.82) is 0 Å². The molecule has 18 heavy (non-hydrogen) atoms. The fourth-order valence-corrected chi connectivity index (χ4v) is 3.26. The van der Waals surface area contributed by atoms with Gasteiger partial charge < -0.3 is 5.73 Å². The van der Waals surface area contributed by atoms with Gasteiger partial charge in [-0.15, -0.1) is 0 Å². The molecule has 0 heterocycles. The van der Waals surface area contributed by atoms with Crippen molar-refractivity contribution in [3.63, 3.8) is 0 Å². The van der Waals surface area contributed by atoms with Crippen LogP contribution in [0.3, 0.4) is 0 Å². The van der Waals surface area contributed by atoms with E-state index in [-0.39, 0.29) is 10.9 Å². The average molecular weight is 290 g/mol. The number of thiocarbonyl (C=S) groups is 1. The largest absolute Gasteiger partial charge is 0.392 e. The fraction of sp³-hybridized carbons (Fsp3) is 0.364. The second-order valence-electron chi connectivity index (χ2n) is 4.18. The minimum Gasteiger partial charge on any atom is -0.392 e. The second kappa shape index (κ2) is 5.73. The van der Waals surface area contributed by atoms with Crippen LogP contribution in [0.25, 0.3) is 0 Å². The highest BCUT2D eigenvalue weighted by atomic mass is 32.2. The number of nitrogens with two attached hydrogens (primary N) is 1. The first kappa shape index (κ1) is 15.0. The van der Waals surface area contributed by atoms with Crippen LogP contribution in [0, 0.1) is 11.7 Å². The van der Waals surface area contributed by atoms with Gasteiger partial charge in [-0.25, -0.2) is 17.5 Å². The molecule has 0 spiro atoms. The molecule has 0 radical (unpaired) electrons. The van der Waals surface area contributed by atoms with Gasteiger partial charge in [-0.3, -0.25) is 0 Å². The molecule has 0 aliphatic rings. The van der Waals surface area contributed by atoms with Crippen LogP contribution < -0.4 is 10.5 Å². The van der Waals surface area contributed by atoms with E-state index >= 15 is 0 Å². The number of hydrogen-bond acceptors (Lipinski definition) is 3. The summed E-state index contributed by atoms with van der Waals surface area (Å²) in [7, 11) is -3.97. The molecule has 0 aromatic heterocycles. The smallest absolute Gasteiger partial charge is 0.244 e. The average Bonchev–Trinajstić information content (AvgIpc) is 2.25. The van der Waals surface area contributed by atoms with Crippen LogP contribution in [-0.2, 0) is 10.0 Å². The molecule has 0 aliphatic carbocycles. The van der Waals surface area contributed by atoms with Crippen LogP contribution >= 0.6 is 12.2 Å². The Kier molecular flexibility index (Phi) is 4.78. The van der Waals surface area contributed by atoms with E-state index in [1.54, 1.807) is 13.8 Å². The molecule has 0 bridgehead atoms. The number of halogens is 1. The lowest BCUT2D eigenvalue weighted by Gasteiger charge is -2.21. The zero-order valence-electron chi connectivity index (χ0n) is 10.1. The van der Waals surface area contributed by atoms with E-state index in [0.29, 0.717) is 0 Å². The number of hydrogen-bond donors (Lipinski definition) is 2. The third kappa shape index (κ3) is 3.47. The molecule has 0 amide bonds. The summed E-state index contributed by atoms with van der Waals surface area (Å²) >= 11 is 4.80.